The average Bonchev–Trinajstić information content (AvgIpc) is 2.29. The van der Waals surface area contributed by atoms with Gasteiger partial charge in [0.2, 0.25) is 5.91 Å². The van der Waals surface area contributed by atoms with E-state index in [0.29, 0.717) is 11.3 Å². The molecule has 0 aliphatic carbocycles. The highest BCUT2D eigenvalue weighted by atomic mass is 16.2. The minimum Gasteiger partial charge on any atom is -0.326 e. The number of nitrogens with one attached hydrogen (secondary N) is 3. The van der Waals surface area contributed by atoms with Crippen molar-refractivity contribution < 1.29 is 9.59 Å². The van der Waals surface area contributed by atoms with Crippen LogP contribution in [0.3, 0.4) is 0 Å². The molecular formula is C12H17N3O2. The van der Waals surface area contributed by atoms with Gasteiger partial charge >= 0.3 is 0 Å². The van der Waals surface area contributed by atoms with Gasteiger partial charge in [0.05, 0.1) is 0 Å². The van der Waals surface area contributed by atoms with E-state index in [4.69, 9.17) is 0 Å². The number of carbonyl (C=O) groups is 2. The molecule has 3 N–H and O–H groups in total. The zero-order chi connectivity index (χ0) is 12.7. The number of rotatable bonds is 5. The van der Waals surface area contributed by atoms with Crippen LogP contribution in [-0.2, 0) is 4.79 Å². The van der Waals surface area contributed by atoms with Crippen LogP contribution in [-0.4, -0.2) is 18.4 Å². The van der Waals surface area contributed by atoms with Gasteiger partial charge in [-0.05, 0) is 30.7 Å². The molecule has 2 amide bonds. The predicted molar refractivity (Wildman–Crippen MR) is 66.5 cm³/mol. The summed E-state index contributed by atoms with van der Waals surface area (Å²) in [5.41, 5.74) is 6.62. The van der Waals surface area contributed by atoms with Gasteiger partial charge in [-0.1, -0.05) is 6.92 Å². The van der Waals surface area contributed by atoms with Crippen LogP contribution in [0.2, 0.25) is 0 Å². The Morgan fingerprint density at radius 1 is 1.18 bits per heavy atom. The second-order valence-corrected chi connectivity index (χ2v) is 3.64. The molecule has 1 aromatic carbocycles. The Morgan fingerprint density at radius 2 is 1.82 bits per heavy atom. The molecule has 92 valence electrons. The van der Waals surface area contributed by atoms with E-state index >= 15 is 0 Å². The highest BCUT2D eigenvalue weighted by molar-refractivity contribution is 5.95. The third-order valence-electron chi connectivity index (χ3n) is 2.04. The predicted octanol–water partition coefficient (Wildman–Crippen LogP) is 1.29. The third-order valence-corrected chi connectivity index (χ3v) is 2.04. The lowest BCUT2D eigenvalue weighted by atomic mass is 10.2. The minimum atomic E-state index is -0.187. The highest BCUT2D eigenvalue weighted by Crippen LogP contribution is 2.09. The Morgan fingerprint density at radius 3 is 2.35 bits per heavy atom. The Bertz CT molecular complexity index is 387. The molecular weight excluding hydrogens is 218 g/mol. The molecule has 0 aliphatic heterocycles. The van der Waals surface area contributed by atoms with Crippen molar-refractivity contribution in [3.05, 3.63) is 29.8 Å². The summed E-state index contributed by atoms with van der Waals surface area (Å²) in [6.07, 6.45) is 0.946. The maximum atomic E-state index is 11.6. The molecule has 0 radical (unpaired) electrons. The van der Waals surface area contributed by atoms with Crippen LogP contribution in [0.5, 0.6) is 0 Å². The molecule has 5 heteroatoms. The largest absolute Gasteiger partial charge is 0.326 e. The molecule has 0 saturated carbocycles. The van der Waals surface area contributed by atoms with E-state index in [9.17, 15) is 9.59 Å². The number of anilines is 1. The Hall–Kier alpha value is -1.88. The topological polar surface area (TPSA) is 70.2 Å². The van der Waals surface area contributed by atoms with Gasteiger partial charge in [-0.25, -0.2) is 5.43 Å². The molecule has 5 nitrogen and oxygen atoms in total. The van der Waals surface area contributed by atoms with E-state index in [1.807, 2.05) is 6.92 Å². The van der Waals surface area contributed by atoms with Crippen LogP contribution in [0.25, 0.3) is 0 Å². The Balaban J connectivity index is 2.54. The lowest BCUT2D eigenvalue weighted by Gasteiger charge is -2.07. The summed E-state index contributed by atoms with van der Waals surface area (Å²) in [6, 6.07) is 6.70. The molecule has 1 rings (SSSR count). The van der Waals surface area contributed by atoms with Gasteiger partial charge in [0, 0.05) is 24.7 Å². The number of amides is 2. The van der Waals surface area contributed by atoms with Gasteiger partial charge in [-0.3, -0.25) is 15.0 Å². The number of hydrogen-bond acceptors (Lipinski definition) is 3. The van der Waals surface area contributed by atoms with Gasteiger partial charge in [0.25, 0.3) is 5.91 Å². The highest BCUT2D eigenvalue weighted by Gasteiger charge is 2.04. The average molecular weight is 235 g/mol. The third kappa shape index (κ3) is 4.65. The van der Waals surface area contributed by atoms with Crippen molar-refractivity contribution in [3.63, 3.8) is 0 Å². The fourth-order valence-corrected chi connectivity index (χ4v) is 1.25. The maximum absolute atomic E-state index is 11.6. The van der Waals surface area contributed by atoms with E-state index in [0.717, 1.165) is 13.0 Å². The van der Waals surface area contributed by atoms with Crippen molar-refractivity contribution in [2.24, 2.45) is 0 Å². The first-order chi connectivity index (χ1) is 8.13. The second-order valence-electron chi connectivity index (χ2n) is 3.64. The van der Waals surface area contributed by atoms with Crippen LogP contribution in [0.1, 0.15) is 30.6 Å². The van der Waals surface area contributed by atoms with Crippen LogP contribution >= 0.6 is 0 Å². The van der Waals surface area contributed by atoms with Gasteiger partial charge in [-0.2, -0.15) is 0 Å². The van der Waals surface area contributed by atoms with Gasteiger partial charge in [-0.15, -0.1) is 0 Å². The molecule has 0 atom stereocenters. The summed E-state index contributed by atoms with van der Waals surface area (Å²) < 4.78 is 0. The zero-order valence-corrected chi connectivity index (χ0v) is 10.0. The quantitative estimate of drug-likeness (QED) is 0.532. The van der Waals surface area contributed by atoms with Gasteiger partial charge < -0.3 is 5.32 Å². The number of carbonyl (C=O) groups excluding carboxylic acids is 2. The van der Waals surface area contributed by atoms with Crippen molar-refractivity contribution in [2.75, 3.05) is 11.9 Å². The normalized spacial score (nSPS) is 9.76. The molecule has 0 heterocycles. The lowest BCUT2D eigenvalue weighted by molar-refractivity contribution is -0.114. The smallest absolute Gasteiger partial charge is 0.265 e. The van der Waals surface area contributed by atoms with Crippen molar-refractivity contribution in [1.82, 2.24) is 10.9 Å². The van der Waals surface area contributed by atoms with Gasteiger partial charge in [0.1, 0.15) is 0 Å². The van der Waals surface area contributed by atoms with Crippen LogP contribution in [0.15, 0.2) is 24.3 Å². The van der Waals surface area contributed by atoms with E-state index in [-0.39, 0.29) is 11.8 Å². The lowest BCUT2D eigenvalue weighted by Crippen LogP contribution is -2.37. The van der Waals surface area contributed by atoms with Crippen LogP contribution < -0.4 is 16.2 Å². The first-order valence-electron chi connectivity index (χ1n) is 5.54. The molecule has 1 aromatic rings. The van der Waals surface area contributed by atoms with Crippen LogP contribution in [0, 0.1) is 0 Å². The zero-order valence-electron chi connectivity index (χ0n) is 10.0. The summed E-state index contributed by atoms with van der Waals surface area (Å²) in [6.45, 7) is 4.19. The van der Waals surface area contributed by atoms with Crippen molar-refractivity contribution >= 4 is 17.5 Å². The summed E-state index contributed by atoms with van der Waals surface area (Å²) in [5.74, 6) is -0.320. The monoisotopic (exact) mass is 235 g/mol. The molecule has 0 fully saturated rings. The Labute approximate surface area is 101 Å². The number of benzene rings is 1. The SMILES string of the molecule is CCCNNC(=O)c1ccc(NC(C)=O)cc1. The first kappa shape index (κ1) is 13.2. The van der Waals surface area contributed by atoms with E-state index in [1.165, 1.54) is 6.92 Å². The second kappa shape index (κ2) is 6.65. The first-order valence-corrected chi connectivity index (χ1v) is 5.54. The van der Waals surface area contributed by atoms with Crippen molar-refractivity contribution in [3.8, 4) is 0 Å². The molecule has 0 bridgehead atoms. The molecule has 17 heavy (non-hydrogen) atoms. The van der Waals surface area contributed by atoms with Crippen molar-refractivity contribution in [1.29, 1.82) is 0 Å². The summed E-state index contributed by atoms with van der Waals surface area (Å²) >= 11 is 0. The summed E-state index contributed by atoms with van der Waals surface area (Å²) in [7, 11) is 0. The van der Waals surface area contributed by atoms with E-state index < -0.39 is 0 Å². The van der Waals surface area contributed by atoms with E-state index in [1.54, 1.807) is 24.3 Å². The summed E-state index contributed by atoms with van der Waals surface area (Å²) in [5, 5.41) is 2.64. The molecule has 0 aliphatic rings. The number of hydrazine groups is 1. The maximum Gasteiger partial charge on any atom is 0.265 e. The van der Waals surface area contributed by atoms with Crippen molar-refractivity contribution in [2.45, 2.75) is 20.3 Å². The molecule has 0 saturated heterocycles. The van der Waals surface area contributed by atoms with Gasteiger partial charge in [0.15, 0.2) is 0 Å². The fraction of sp³-hybridized carbons (Fsp3) is 0.333. The fourth-order valence-electron chi connectivity index (χ4n) is 1.25. The summed E-state index contributed by atoms with van der Waals surface area (Å²) in [4.78, 5) is 22.4. The molecule has 0 spiro atoms. The Kier molecular flexibility index (Phi) is 5.16. The number of hydrogen-bond donors (Lipinski definition) is 3. The molecule has 0 aromatic heterocycles. The molecule has 0 unspecified atom stereocenters. The van der Waals surface area contributed by atoms with Crippen LogP contribution in [0.4, 0.5) is 5.69 Å². The standard InChI is InChI=1S/C12H17N3O2/c1-3-8-13-15-12(17)10-4-6-11(7-5-10)14-9(2)16/h4-7,13H,3,8H2,1-2H3,(H,14,16)(H,15,17). The minimum absolute atomic E-state index is 0.133. The van der Waals surface area contributed by atoms with E-state index in [2.05, 4.69) is 16.2 Å².